The van der Waals surface area contributed by atoms with Gasteiger partial charge in [-0.3, -0.25) is 14.5 Å². The van der Waals surface area contributed by atoms with Gasteiger partial charge < -0.3 is 14.7 Å². The van der Waals surface area contributed by atoms with E-state index in [1.54, 1.807) is 12.1 Å². The number of carbonyl (C=O) groups is 2. The van der Waals surface area contributed by atoms with E-state index in [0.717, 1.165) is 16.7 Å². The maximum atomic E-state index is 14.9. The Morgan fingerprint density at radius 2 is 1.50 bits per heavy atom. The fourth-order valence-corrected chi connectivity index (χ4v) is 6.07. The summed E-state index contributed by atoms with van der Waals surface area (Å²) < 4.78 is 20.4. The standard InChI is InChI=1S/C35H30FN3O5/c36-29-21-27(16-17-28(29)25-10-5-2-6-11-25)32-37-31(38-44-32)26-14-12-24(13-15-26)22-39-19-7-18-35(33(40)41,34(42)43)30(39)20-23-8-3-1-4-9-23/h1-6,8-17,21,30H,7,18-20,22H2,(H,40,41)(H,42,43). The maximum Gasteiger partial charge on any atom is 0.322 e. The molecule has 4 aromatic carbocycles. The molecule has 5 aromatic rings. The normalized spacial score (nSPS) is 16.4. The molecule has 44 heavy (non-hydrogen) atoms. The number of halogens is 1. The Labute approximate surface area is 253 Å². The summed E-state index contributed by atoms with van der Waals surface area (Å²) in [5, 5.41) is 24.4. The van der Waals surface area contributed by atoms with E-state index in [0.29, 0.717) is 48.4 Å². The van der Waals surface area contributed by atoms with E-state index >= 15 is 0 Å². The Hall–Kier alpha value is -5.15. The zero-order valence-corrected chi connectivity index (χ0v) is 23.8. The Morgan fingerprint density at radius 1 is 0.841 bits per heavy atom. The summed E-state index contributed by atoms with van der Waals surface area (Å²) in [5.74, 6) is -2.48. The molecular weight excluding hydrogens is 561 g/mol. The highest BCUT2D eigenvalue weighted by atomic mass is 19.1. The molecule has 1 atom stereocenters. The zero-order chi connectivity index (χ0) is 30.7. The quantitative estimate of drug-likeness (QED) is 0.185. The monoisotopic (exact) mass is 591 g/mol. The molecule has 0 bridgehead atoms. The van der Waals surface area contributed by atoms with Crippen molar-refractivity contribution in [3.63, 3.8) is 0 Å². The van der Waals surface area contributed by atoms with E-state index in [-0.39, 0.29) is 12.3 Å². The van der Waals surface area contributed by atoms with Gasteiger partial charge in [0.2, 0.25) is 5.82 Å². The van der Waals surface area contributed by atoms with Crippen LogP contribution in [0.5, 0.6) is 0 Å². The lowest BCUT2D eigenvalue weighted by molar-refractivity contribution is -0.175. The third-order valence-electron chi connectivity index (χ3n) is 8.39. The van der Waals surface area contributed by atoms with Crippen LogP contribution in [-0.4, -0.2) is 49.8 Å². The summed E-state index contributed by atoms with van der Waals surface area (Å²) in [6.07, 6.45) is 0.834. The van der Waals surface area contributed by atoms with Crippen molar-refractivity contribution in [3.8, 4) is 34.0 Å². The van der Waals surface area contributed by atoms with E-state index in [1.165, 1.54) is 6.07 Å². The van der Waals surface area contributed by atoms with Crippen LogP contribution < -0.4 is 0 Å². The fraction of sp³-hybridized carbons (Fsp3) is 0.200. The smallest absolute Gasteiger partial charge is 0.322 e. The van der Waals surface area contributed by atoms with Crippen LogP contribution in [0.15, 0.2) is 108 Å². The van der Waals surface area contributed by atoms with Gasteiger partial charge in [0.15, 0.2) is 5.41 Å². The van der Waals surface area contributed by atoms with Crippen molar-refractivity contribution < 1.29 is 28.7 Å². The van der Waals surface area contributed by atoms with Crippen molar-refractivity contribution in [2.45, 2.75) is 31.8 Å². The number of aromatic nitrogens is 2. The number of hydrogen-bond donors (Lipinski definition) is 2. The van der Waals surface area contributed by atoms with E-state index in [2.05, 4.69) is 10.1 Å². The molecule has 0 spiro atoms. The highest BCUT2D eigenvalue weighted by molar-refractivity contribution is 5.99. The zero-order valence-electron chi connectivity index (χ0n) is 23.8. The van der Waals surface area contributed by atoms with Gasteiger partial charge in [-0.25, -0.2) is 4.39 Å². The van der Waals surface area contributed by atoms with Gasteiger partial charge in [0, 0.05) is 29.3 Å². The molecule has 0 saturated carbocycles. The van der Waals surface area contributed by atoms with Crippen molar-refractivity contribution in [1.29, 1.82) is 0 Å². The van der Waals surface area contributed by atoms with Gasteiger partial charge >= 0.3 is 11.9 Å². The van der Waals surface area contributed by atoms with E-state index in [4.69, 9.17) is 4.52 Å². The molecule has 0 amide bonds. The van der Waals surface area contributed by atoms with Crippen LogP contribution in [-0.2, 0) is 22.6 Å². The maximum absolute atomic E-state index is 14.9. The molecule has 9 heteroatoms. The minimum atomic E-state index is -1.91. The Kier molecular flexibility index (Phi) is 8.04. The van der Waals surface area contributed by atoms with Crippen molar-refractivity contribution >= 4 is 11.9 Å². The number of nitrogens with zero attached hydrogens (tertiary/aromatic N) is 3. The van der Waals surface area contributed by atoms with Gasteiger partial charge in [-0.15, -0.1) is 0 Å². The number of likely N-dealkylation sites (tertiary alicyclic amines) is 1. The molecule has 1 saturated heterocycles. The summed E-state index contributed by atoms with van der Waals surface area (Å²) >= 11 is 0. The van der Waals surface area contributed by atoms with E-state index < -0.39 is 29.2 Å². The fourth-order valence-electron chi connectivity index (χ4n) is 6.07. The number of piperidine rings is 1. The van der Waals surface area contributed by atoms with Gasteiger partial charge in [-0.2, -0.15) is 4.98 Å². The first-order chi connectivity index (χ1) is 21.3. The van der Waals surface area contributed by atoms with E-state index in [1.807, 2.05) is 89.8 Å². The number of benzene rings is 4. The Morgan fingerprint density at radius 3 is 2.16 bits per heavy atom. The van der Waals surface area contributed by atoms with Gasteiger partial charge in [0.25, 0.3) is 5.89 Å². The second-order valence-corrected chi connectivity index (χ2v) is 11.0. The summed E-state index contributed by atoms with van der Waals surface area (Å²) in [6.45, 7) is 0.958. The largest absolute Gasteiger partial charge is 0.480 e. The molecule has 8 nitrogen and oxygen atoms in total. The predicted octanol–water partition coefficient (Wildman–Crippen LogP) is 6.57. The lowest BCUT2D eigenvalue weighted by atomic mass is 9.70. The van der Waals surface area contributed by atoms with Crippen LogP contribution in [0.3, 0.4) is 0 Å². The summed E-state index contributed by atoms with van der Waals surface area (Å²) in [5.41, 5.74) is 2.27. The average Bonchev–Trinajstić information content (AvgIpc) is 3.53. The van der Waals surface area contributed by atoms with Crippen LogP contribution in [0.4, 0.5) is 4.39 Å². The highest BCUT2D eigenvalue weighted by Crippen LogP contribution is 2.40. The summed E-state index contributed by atoms with van der Waals surface area (Å²) in [7, 11) is 0. The van der Waals surface area contributed by atoms with Gasteiger partial charge in [-0.05, 0) is 54.6 Å². The second kappa shape index (κ2) is 12.2. The van der Waals surface area contributed by atoms with Crippen LogP contribution in [0, 0.1) is 11.2 Å². The molecular formula is C35H30FN3O5. The third kappa shape index (κ3) is 5.61. The molecule has 1 aromatic heterocycles. The van der Waals surface area contributed by atoms with Crippen molar-refractivity contribution in [2.24, 2.45) is 5.41 Å². The molecule has 0 radical (unpaired) electrons. The van der Waals surface area contributed by atoms with Gasteiger partial charge in [-0.1, -0.05) is 96.2 Å². The number of rotatable bonds is 9. The molecule has 6 rings (SSSR count). The van der Waals surface area contributed by atoms with Crippen LogP contribution >= 0.6 is 0 Å². The lowest BCUT2D eigenvalue weighted by Crippen LogP contribution is -2.60. The van der Waals surface area contributed by atoms with Crippen LogP contribution in [0.2, 0.25) is 0 Å². The molecule has 1 fully saturated rings. The topological polar surface area (TPSA) is 117 Å². The number of carboxylic acid groups (broad SMARTS) is 2. The molecule has 0 aliphatic carbocycles. The Bertz CT molecular complexity index is 1760. The highest BCUT2D eigenvalue weighted by Gasteiger charge is 2.56. The minimum Gasteiger partial charge on any atom is -0.480 e. The first kappa shape index (κ1) is 28.9. The third-order valence-corrected chi connectivity index (χ3v) is 8.39. The van der Waals surface area contributed by atoms with Crippen LogP contribution in [0.1, 0.15) is 24.0 Å². The van der Waals surface area contributed by atoms with E-state index in [9.17, 15) is 24.2 Å². The summed E-state index contributed by atoms with van der Waals surface area (Å²) in [4.78, 5) is 31.4. The molecule has 1 unspecified atom stereocenters. The number of hydrogen-bond acceptors (Lipinski definition) is 6. The summed E-state index contributed by atoms with van der Waals surface area (Å²) in [6, 6.07) is 30.2. The Balaban J connectivity index is 1.21. The lowest BCUT2D eigenvalue weighted by Gasteiger charge is -2.45. The molecule has 1 aliphatic rings. The first-order valence-corrected chi connectivity index (χ1v) is 14.4. The molecule has 2 heterocycles. The molecule has 2 N–H and O–H groups in total. The first-order valence-electron chi connectivity index (χ1n) is 14.4. The molecule has 1 aliphatic heterocycles. The number of carboxylic acids is 2. The number of aliphatic carboxylic acids is 2. The van der Waals surface area contributed by atoms with Gasteiger partial charge in [0.1, 0.15) is 5.82 Å². The van der Waals surface area contributed by atoms with Crippen molar-refractivity contribution in [1.82, 2.24) is 15.0 Å². The van der Waals surface area contributed by atoms with Crippen LogP contribution in [0.25, 0.3) is 34.0 Å². The SMILES string of the molecule is O=C(O)C1(C(=O)O)CCCN(Cc2ccc(-c3noc(-c4ccc(-c5ccccc5)c(F)c4)n3)cc2)C1Cc1ccccc1. The predicted molar refractivity (Wildman–Crippen MR) is 162 cm³/mol. The van der Waals surface area contributed by atoms with Crippen molar-refractivity contribution in [3.05, 3.63) is 120 Å². The van der Waals surface area contributed by atoms with Gasteiger partial charge in [0.05, 0.1) is 0 Å². The minimum absolute atomic E-state index is 0.0731. The van der Waals surface area contributed by atoms with Crippen molar-refractivity contribution in [2.75, 3.05) is 6.54 Å². The molecule has 222 valence electrons. The second-order valence-electron chi connectivity index (χ2n) is 11.0. The average molecular weight is 592 g/mol.